The normalized spacial score (nSPS) is 30.9. The summed E-state index contributed by atoms with van der Waals surface area (Å²) in [6, 6.07) is 0. The van der Waals surface area contributed by atoms with Crippen LogP contribution in [0.3, 0.4) is 0 Å². The summed E-state index contributed by atoms with van der Waals surface area (Å²) in [5.41, 5.74) is 2.89. The Morgan fingerprint density at radius 3 is 1.15 bits per heavy atom. The first kappa shape index (κ1) is 10.5. The van der Waals surface area contributed by atoms with E-state index in [2.05, 4.69) is 0 Å². The van der Waals surface area contributed by atoms with Crippen LogP contribution in [-0.4, -0.2) is 24.7 Å². The van der Waals surface area contributed by atoms with Crippen molar-refractivity contribution in [3.63, 3.8) is 0 Å². The first-order chi connectivity index (χ1) is 5.71. The van der Waals surface area contributed by atoms with Crippen LogP contribution >= 0.6 is 0 Å². The van der Waals surface area contributed by atoms with E-state index in [1.54, 1.807) is 0 Å². The van der Waals surface area contributed by atoms with Crippen molar-refractivity contribution >= 4 is 0 Å². The Morgan fingerprint density at radius 1 is 0.692 bits per heavy atom. The van der Waals surface area contributed by atoms with E-state index in [9.17, 15) is 26.3 Å². The van der Waals surface area contributed by atoms with Crippen LogP contribution in [-0.2, 0) is 0 Å². The molecular formula is C4H5F6N3. The first-order valence-electron chi connectivity index (χ1n) is 3.12. The zero-order valence-corrected chi connectivity index (χ0v) is 5.92. The van der Waals surface area contributed by atoms with Crippen molar-refractivity contribution in [1.29, 1.82) is 0 Å². The highest BCUT2D eigenvalue weighted by atomic mass is 19.4. The predicted octanol–water partition coefficient (Wildman–Crippen LogP) is 0.461. The van der Waals surface area contributed by atoms with Gasteiger partial charge in [-0.05, 0) is 0 Å². The Kier molecular flexibility index (Phi) is 2.43. The van der Waals surface area contributed by atoms with Crippen molar-refractivity contribution in [3.8, 4) is 0 Å². The summed E-state index contributed by atoms with van der Waals surface area (Å²) in [5.74, 6) is 0. The SMILES string of the molecule is FC(F)(F)C1NNC(C(F)(F)F)N1. The molecule has 0 aromatic heterocycles. The van der Waals surface area contributed by atoms with Gasteiger partial charge >= 0.3 is 12.4 Å². The van der Waals surface area contributed by atoms with Gasteiger partial charge in [-0.1, -0.05) is 0 Å². The molecule has 2 atom stereocenters. The molecule has 3 nitrogen and oxygen atoms in total. The number of alkyl halides is 6. The maximum Gasteiger partial charge on any atom is 0.418 e. The van der Waals surface area contributed by atoms with Crippen molar-refractivity contribution in [3.05, 3.63) is 0 Å². The molecule has 1 heterocycles. The monoisotopic (exact) mass is 209 g/mol. The third kappa shape index (κ3) is 2.45. The van der Waals surface area contributed by atoms with Crippen molar-refractivity contribution in [2.45, 2.75) is 24.7 Å². The fraction of sp³-hybridized carbons (Fsp3) is 1.00. The molecule has 0 saturated carbocycles. The smallest absolute Gasteiger partial charge is 0.269 e. The molecule has 0 spiro atoms. The number of halogens is 6. The van der Waals surface area contributed by atoms with Gasteiger partial charge in [-0.15, -0.1) is 0 Å². The van der Waals surface area contributed by atoms with E-state index >= 15 is 0 Å². The summed E-state index contributed by atoms with van der Waals surface area (Å²) >= 11 is 0. The Balaban J connectivity index is 2.55. The zero-order chi connectivity index (χ0) is 10.3. The molecule has 13 heavy (non-hydrogen) atoms. The summed E-state index contributed by atoms with van der Waals surface area (Å²) in [6.45, 7) is 0. The highest BCUT2D eigenvalue weighted by Gasteiger charge is 2.51. The second-order valence-corrected chi connectivity index (χ2v) is 2.40. The first-order valence-corrected chi connectivity index (χ1v) is 3.12. The predicted molar refractivity (Wildman–Crippen MR) is 29.1 cm³/mol. The molecule has 0 aliphatic carbocycles. The van der Waals surface area contributed by atoms with Crippen molar-refractivity contribution < 1.29 is 26.3 Å². The van der Waals surface area contributed by atoms with Gasteiger partial charge in [0.15, 0.2) is 12.3 Å². The molecule has 0 amide bonds. The van der Waals surface area contributed by atoms with Crippen LogP contribution in [0, 0.1) is 0 Å². The Labute approximate surface area is 68.4 Å². The van der Waals surface area contributed by atoms with Gasteiger partial charge in [-0.2, -0.15) is 26.3 Å². The summed E-state index contributed by atoms with van der Waals surface area (Å²) in [6.07, 6.45) is -14.3. The average molecular weight is 209 g/mol. The van der Waals surface area contributed by atoms with Crippen LogP contribution in [0.2, 0.25) is 0 Å². The molecule has 1 rings (SSSR count). The van der Waals surface area contributed by atoms with Crippen LogP contribution in [0.25, 0.3) is 0 Å². The molecule has 3 N–H and O–H groups in total. The van der Waals surface area contributed by atoms with E-state index < -0.39 is 24.7 Å². The van der Waals surface area contributed by atoms with E-state index in [1.165, 1.54) is 16.2 Å². The van der Waals surface area contributed by atoms with Gasteiger partial charge in [-0.3, -0.25) is 5.32 Å². The highest BCUT2D eigenvalue weighted by Crippen LogP contribution is 2.25. The number of rotatable bonds is 0. The average Bonchev–Trinajstić information content (AvgIpc) is 2.28. The molecule has 9 heteroatoms. The number of hydrogen-bond donors (Lipinski definition) is 3. The maximum atomic E-state index is 11.8. The fourth-order valence-electron chi connectivity index (χ4n) is 0.769. The molecule has 78 valence electrons. The van der Waals surface area contributed by atoms with Gasteiger partial charge in [0.25, 0.3) is 0 Å². The van der Waals surface area contributed by atoms with Crippen LogP contribution in [0.1, 0.15) is 0 Å². The number of nitrogens with one attached hydrogen (secondary N) is 3. The van der Waals surface area contributed by atoms with E-state index in [1.807, 2.05) is 0 Å². The highest BCUT2D eigenvalue weighted by molar-refractivity contribution is 4.85. The summed E-state index contributed by atoms with van der Waals surface area (Å²) in [5, 5.41) is 1.30. The molecule has 0 bridgehead atoms. The quantitative estimate of drug-likeness (QED) is 0.507. The van der Waals surface area contributed by atoms with Crippen molar-refractivity contribution in [1.82, 2.24) is 16.2 Å². The number of hydrogen-bond acceptors (Lipinski definition) is 3. The Bertz CT molecular complexity index is 165. The summed E-state index contributed by atoms with van der Waals surface area (Å²) in [7, 11) is 0. The molecule has 1 saturated heterocycles. The molecule has 0 radical (unpaired) electrons. The van der Waals surface area contributed by atoms with Gasteiger partial charge in [0.1, 0.15) is 0 Å². The van der Waals surface area contributed by atoms with Crippen molar-refractivity contribution in [2.24, 2.45) is 0 Å². The van der Waals surface area contributed by atoms with Gasteiger partial charge in [0.2, 0.25) is 0 Å². The van der Waals surface area contributed by atoms with Gasteiger partial charge < -0.3 is 0 Å². The summed E-state index contributed by atoms with van der Waals surface area (Å²) < 4.78 is 70.7. The van der Waals surface area contributed by atoms with Crippen LogP contribution in [0.4, 0.5) is 26.3 Å². The molecule has 0 aromatic carbocycles. The summed E-state index contributed by atoms with van der Waals surface area (Å²) in [4.78, 5) is 0. The third-order valence-electron chi connectivity index (χ3n) is 1.36. The minimum atomic E-state index is -4.76. The van der Waals surface area contributed by atoms with E-state index in [4.69, 9.17) is 0 Å². The zero-order valence-electron chi connectivity index (χ0n) is 5.92. The van der Waals surface area contributed by atoms with Gasteiger partial charge in [0.05, 0.1) is 0 Å². The second-order valence-electron chi connectivity index (χ2n) is 2.40. The lowest BCUT2D eigenvalue weighted by Crippen LogP contribution is -2.49. The lowest BCUT2D eigenvalue weighted by molar-refractivity contribution is -0.173. The number of hydrazine groups is 1. The van der Waals surface area contributed by atoms with Crippen molar-refractivity contribution in [2.75, 3.05) is 0 Å². The second kappa shape index (κ2) is 3.00. The lowest BCUT2D eigenvalue weighted by Gasteiger charge is -2.16. The maximum absolute atomic E-state index is 11.8. The largest absolute Gasteiger partial charge is 0.418 e. The Hall–Kier alpha value is -0.540. The molecule has 1 aliphatic rings. The van der Waals surface area contributed by atoms with Crippen LogP contribution < -0.4 is 16.2 Å². The van der Waals surface area contributed by atoms with Gasteiger partial charge in [0, 0.05) is 0 Å². The minimum absolute atomic E-state index is 1.30. The third-order valence-corrected chi connectivity index (χ3v) is 1.36. The molecule has 1 fully saturated rings. The fourth-order valence-corrected chi connectivity index (χ4v) is 0.769. The molecule has 1 aliphatic heterocycles. The lowest BCUT2D eigenvalue weighted by atomic mass is 10.4. The Morgan fingerprint density at radius 2 is 1.00 bits per heavy atom. The topological polar surface area (TPSA) is 36.1 Å². The van der Waals surface area contributed by atoms with E-state index in [0.29, 0.717) is 0 Å². The molecule has 2 unspecified atom stereocenters. The molecular weight excluding hydrogens is 204 g/mol. The molecule has 0 aromatic rings. The standard InChI is InChI=1S/C4H5F6N3/c5-3(6,7)1-11-2(13-12-1)4(8,9)10/h1-2,11-13H. The minimum Gasteiger partial charge on any atom is -0.269 e. The van der Waals surface area contributed by atoms with Crippen LogP contribution in [0.5, 0.6) is 0 Å². The van der Waals surface area contributed by atoms with E-state index in [0.717, 1.165) is 0 Å². The van der Waals surface area contributed by atoms with Crippen LogP contribution in [0.15, 0.2) is 0 Å². The van der Waals surface area contributed by atoms with Gasteiger partial charge in [-0.25, -0.2) is 10.9 Å². The van der Waals surface area contributed by atoms with E-state index in [-0.39, 0.29) is 0 Å².